The molecular formula is C57H54N12. The fourth-order valence-corrected chi connectivity index (χ4v) is 9.18. The first-order chi connectivity index (χ1) is 33.9. The van der Waals surface area contributed by atoms with Crippen molar-refractivity contribution in [2.45, 2.75) is 60.0 Å². The molecule has 342 valence electrons. The smallest absolute Gasteiger partial charge is 0.102 e. The number of rotatable bonds is 18. The largest absolute Gasteiger partial charge is 0.335 e. The van der Waals surface area contributed by atoms with Crippen LogP contribution >= 0.6 is 0 Å². The second-order valence-corrected chi connectivity index (χ2v) is 17.3. The van der Waals surface area contributed by atoms with Crippen LogP contribution in [0.3, 0.4) is 0 Å². The van der Waals surface area contributed by atoms with Gasteiger partial charge in [0.2, 0.25) is 0 Å². The van der Waals surface area contributed by atoms with E-state index in [0.29, 0.717) is 39.3 Å². The van der Waals surface area contributed by atoms with Gasteiger partial charge in [0, 0.05) is 34.1 Å². The van der Waals surface area contributed by atoms with E-state index in [1.165, 1.54) is 33.4 Å². The van der Waals surface area contributed by atoms with E-state index < -0.39 is 0 Å². The highest BCUT2D eigenvalue weighted by molar-refractivity contribution is 5.65. The van der Waals surface area contributed by atoms with Gasteiger partial charge in [-0.3, -0.25) is 0 Å². The fraction of sp³-hybridized carbons (Fsp3) is 0.158. The Morgan fingerprint density at radius 1 is 0.304 bits per heavy atom. The molecule has 10 rings (SSSR count). The van der Waals surface area contributed by atoms with Crippen LogP contribution in [0.25, 0.3) is 0 Å². The van der Waals surface area contributed by atoms with E-state index in [1.54, 1.807) is 0 Å². The Morgan fingerprint density at radius 3 is 0.710 bits per heavy atom. The molecule has 0 radical (unpaired) electrons. The maximum absolute atomic E-state index is 4.72. The van der Waals surface area contributed by atoms with E-state index >= 15 is 0 Å². The molecule has 0 aliphatic heterocycles. The molecule has 0 spiro atoms. The Bertz CT molecular complexity index is 2720. The molecule has 7 aromatic carbocycles. The van der Waals surface area contributed by atoms with E-state index in [9.17, 15) is 0 Å². The van der Waals surface area contributed by atoms with Crippen LogP contribution in [-0.2, 0) is 39.3 Å². The quantitative estimate of drug-likeness (QED) is 0.0833. The summed E-state index contributed by atoms with van der Waals surface area (Å²) in [7, 11) is 0. The SMILES string of the molecule is Cc1c(Cn2cc(CN(c3ccccc3)c3ccccc3)nn2)c(C)c(Cn2cc(CN(c3ccccc3)c3ccccc3)nn2)c(C)c1Cn1cc(CN(c2ccccc2)c2ccccc2)nn1. The average Bonchev–Trinajstić information content (AvgIpc) is 4.19. The van der Waals surface area contributed by atoms with Gasteiger partial charge >= 0.3 is 0 Å². The van der Waals surface area contributed by atoms with Crippen LogP contribution in [0.2, 0.25) is 0 Å². The minimum absolute atomic E-state index is 0.541. The monoisotopic (exact) mass is 906 g/mol. The molecule has 0 atom stereocenters. The summed E-state index contributed by atoms with van der Waals surface area (Å²) >= 11 is 0. The number of nitrogens with zero attached hydrogens (tertiary/aromatic N) is 12. The molecule has 3 heterocycles. The van der Waals surface area contributed by atoms with Gasteiger partial charge in [0.05, 0.1) is 57.9 Å². The molecule has 0 unspecified atom stereocenters. The van der Waals surface area contributed by atoms with Gasteiger partial charge < -0.3 is 14.7 Å². The van der Waals surface area contributed by atoms with Gasteiger partial charge in [-0.2, -0.15) is 0 Å². The third-order valence-corrected chi connectivity index (χ3v) is 12.8. The molecule has 0 aliphatic carbocycles. The number of para-hydroxylation sites is 6. The molecule has 0 aliphatic rings. The van der Waals surface area contributed by atoms with Crippen molar-refractivity contribution in [1.82, 2.24) is 45.0 Å². The molecule has 0 bridgehead atoms. The lowest BCUT2D eigenvalue weighted by molar-refractivity contribution is 0.617. The zero-order chi connectivity index (χ0) is 46.9. The summed E-state index contributed by atoms with van der Waals surface area (Å²) in [5, 5.41) is 28.3. The summed E-state index contributed by atoms with van der Waals surface area (Å²) in [5.41, 5.74) is 16.3. The van der Waals surface area contributed by atoms with Crippen molar-refractivity contribution in [3.63, 3.8) is 0 Å². The fourth-order valence-electron chi connectivity index (χ4n) is 9.18. The van der Waals surface area contributed by atoms with Crippen molar-refractivity contribution < 1.29 is 0 Å². The van der Waals surface area contributed by atoms with Gasteiger partial charge in [0.1, 0.15) is 17.1 Å². The topological polar surface area (TPSA) is 102 Å². The van der Waals surface area contributed by atoms with Crippen molar-refractivity contribution in [2.75, 3.05) is 14.7 Å². The van der Waals surface area contributed by atoms with E-state index in [2.05, 4.69) is 200 Å². The summed E-state index contributed by atoms with van der Waals surface area (Å²) in [6.45, 7) is 9.99. The van der Waals surface area contributed by atoms with Gasteiger partial charge in [-0.25, -0.2) is 14.0 Å². The summed E-state index contributed by atoms with van der Waals surface area (Å²) < 4.78 is 5.89. The van der Waals surface area contributed by atoms with Crippen LogP contribution in [0, 0.1) is 20.8 Å². The van der Waals surface area contributed by atoms with Crippen LogP contribution in [0.1, 0.15) is 50.5 Å². The number of anilines is 6. The molecule has 12 nitrogen and oxygen atoms in total. The average molecular weight is 907 g/mol. The number of aromatic nitrogens is 9. The molecule has 10 aromatic rings. The highest BCUT2D eigenvalue weighted by Crippen LogP contribution is 2.32. The molecule has 12 heteroatoms. The number of benzene rings is 7. The summed E-state index contributed by atoms with van der Waals surface area (Å²) in [5.74, 6) is 0. The standard InChI is InChI=1S/C57H54N12/c1-43-55(40-64-34-46(58-61-64)37-67(49-22-10-4-11-23-49)50-24-12-5-13-25-50)44(2)57(42-66-36-48(60-63-66)39-69(53-30-18-8-19-31-53)54-32-20-9-21-33-54)45(3)56(43)41-65-35-47(59-62-65)38-68(51-26-14-6-15-27-51)52-28-16-7-17-29-52/h4-36H,37-42H2,1-3H3. The van der Waals surface area contributed by atoms with Crippen LogP contribution in [0.15, 0.2) is 201 Å². The highest BCUT2D eigenvalue weighted by Gasteiger charge is 2.22. The lowest BCUT2D eigenvalue weighted by Gasteiger charge is -2.24. The van der Waals surface area contributed by atoms with Gasteiger partial charge in [-0.1, -0.05) is 125 Å². The Morgan fingerprint density at radius 2 is 0.507 bits per heavy atom. The lowest BCUT2D eigenvalue weighted by Crippen LogP contribution is -2.17. The maximum Gasteiger partial charge on any atom is 0.102 e. The molecule has 3 aromatic heterocycles. The second-order valence-electron chi connectivity index (χ2n) is 17.3. The van der Waals surface area contributed by atoms with Crippen LogP contribution in [0.5, 0.6) is 0 Å². The Labute approximate surface area is 403 Å². The predicted octanol–water partition coefficient (Wildman–Crippen LogP) is 11.5. The van der Waals surface area contributed by atoms with E-state index in [4.69, 9.17) is 30.9 Å². The molecule has 0 saturated carbocycles. The second kappa shape index (κ2) is 20.5. The summed E-state index contributed by atoms with van der Waals surface area (Å²) in [4.78, 5) is 6.80. The molecule has 0 saturated heterocycles. The first-order valence-corrected chi connectivity index (χ1v) is 23.3. The van der Waals surface area contributed by atoms with Crippen LogP contribution in [0.4, 0.5) is 34.1 Å². The minimum atomic E-state index is 0.541. The molecule has 0 amide bonds. The maximum atomic E-state index is 4.72. The highest BCUT2D eigenvalue weighted by atomic mass is 15.4. The molecule has 0 fully saturated rings. The number of hydrogen-bond donors (Lipinski definition) is 0. The normalized spacial score (nSPS) is 11.2. The van der Waals surface area contributed by atoms with Gasteiger partial charge in [-0.05, 0) is 127 Å². The summed E-state index contributed by atoms with van der Waals surface area (Å²) in [6.07, 6.45) is 6.21. The molecule has 69 heavy (non-hydrogen) atoms. The first-order valence-electron chi connectivity index (χ1n) is 23.3. The third kappa shape index (κ3) is 10.2. The van der Waals surface area contributed by atoms with E-state index in [0.717, 1.165) is 51.2 Å². The van der Waals surface area contributed by atoms with Crippen LogP contribution in [-0.4, -0.2) is 45.0 Å². The van der Waals surface area contributed by atoms with Crippen molar-refractivity contribution in [2.24, 2.45) is 0 Å². The van der Waals surface area contributed by atoms with Crippen molar-refractivity contribution in [3.8, 4) is 0 Å². The van der Waals surface area contributed by atoms with Crippen molar-refractivity contribution in [3.05, 3.63) is 251 Å². The Hall–Kier alpha value is -8.64. The molecule has 0 N–H and O–H groups in total. The predicted molar refractivity (Wildman–Crippen MR) is 274 cm³/mol. The lowest BCUT2D eigenvalue weighted by atomic mass is 9.88. The number of hydrogen-bond acceptors (Lipinski definition) is 9. The van der Waals surface area contributed by atoms with Crippen molar-refractivity contribution in [1.29, 1.82) is 0 Å². The zero-order valence-corrected chi connectivity index (χ0v) is 39.2. The van der Waals surface area contributed by atoms with E-state index in [-0.39, 0.29) is 0 Å². The van der Waals surface area contributed by atoms with E-state index in [1.807, 2.05) is 50.4 Å². The Balaban J connectivity index is 0.967. The minimum Gasteiger partial charge on any atom is -0.335 e. The zero-order valence-electron chi connectivity index (χ0n) is 39.2. The van der Waals surface area contributed by atoms with Crippen molar-refractivity contribution >= 4 is 34.1 Å². The van der Waals surface area contributed by atoms with Gasteiger partial charge in [-0.15, -0.1) is 15.3 Å². The first kappa shape index (κ1) is 44.2. The summed E-state index contributed by atoms with van der Waals surface area (Å²) in [6, 6.07) is 62.5. The Kier molecular flexibility index (Phi) is 13.1. The van der Waals surface area contributed by atoms with Crippen LogP contribution < -0.4 is 14.7 Å². The van der Waals surface area contributed by atoms with Gasteiger partial charge in [0.15, 0.2) is 0 Å². The molecular weight excluding hydrogens is 853 g/mol. The van der Waals surface area contributed by atoms with Gasteiger partial charge in [0.25, 0.3) is 0 Å². The third-order valence-electron chi connectivity index (χ3n) is 12.8.